The Morgan fingerprint density at radius 1 is 1.25 bits per heavy atom. The number of ether oxygens (including phenoxy) is 1. The van der Waals surface area contributed by atoms with Crippen LogP contribution in [0.2, 0.25) is 0 Å². The second kappa shape index (κ2) is 8.43. The number of aromatic nitrogens is 3. The summed E-state index contributed by atoms with van der Waals surface area (Å²) in [4.78, 5) is 31.2. The van der Waals surface area contributed by atoms with Crippen molar-refractivity contribution in [2.45, 2.75) is 19.9 Å². The fourth-order valence-corrected chi connectivity index (χ4v) is 4.34. The summed E-state index contributed by atoms with van der Waals surface area (Å²) in [5.74, 6) is -0.298. The Morgan fingerprint density at radius 3 is 2.94 bits per heavy atom. The second-order valence-corrected chi connectivity index (χ2v) is 8.50. The van der Waals surface area contributed by atoms with E-state index in [0.717, 1.165) is 33.9 Å². The minimum absolute atomic E-state index is 0.0602. The van der Waals surface area contributed by atoms with Crippen LogP contribution in [0.25, 0.3) is 11.3 Å². The highest BCUT2D eigenvalue weighted by molar-refractivity contribution is 7.09. The fraction of sp³-hybridized carbons (Fsp3) is 0.217. The highest BCUT2D eigenvalue weighted by Crippen LogP contribution is 2.32. The van der Waals surface area contributed by atoms with E-state index in [-0.39, 0.29) is 18.3 Å². The first-order valence-corrected chi connectivity index (χ1v) is 11.0. The number of hydrogen-bond acceptors (Lipinski definition) is 7. The summed E-state index contributed by atoms with van der Waals surface area (Å²) in [7, 11) is 0. The lowest BCUT2D eigenvalue weighted by Crippen LogP contribution is -2.33. The Bertz CT molecular complexity index is 1270. The number of carbonyl (C=O) groups is 2. The molecule has 0 fully saturated rings. The molecule has 1 aliphatic heterocycles. The molecular formula is C23H20N4O4S. The van der Waals surface area contributed by atoms with Crippen LogP contribution in [0.4, 0.5) is 5.69 Å². The van der Waals surface area contributed by atoms with E-state index in [4.69, 9.17) is 9.15 Å². The Morgan fingerprint density at radius 2 is 2.16 bits per heavy atom. The number of esters is 1. The van der Waals surface area contributed by atoms with Gasteiger partial charge in [-0.1, -0.05) is 6.07 Å². The fourth-order valence-electron chi connectivity index (χ4n) is 3.72. The first-order valence-electron chi connectivity index (χ1n) is 10.2. The zero-order valence-electron chi connectivity index (χ0n) is 17.4. The van der Waals surface area contributed by atoms with Crippen molar-refractivity contribution < 1.29 is 18.7 Å². The van der Waals surface area contributed by atoms with Gasteiger partial charge in [-0.15, -0.1) is 11.3 Å². The maximum Gasteiger partial charge on any atom is 0.374 e. The van der Waals surface area contributed by atoms with Crippen molar-refractivity contribution in [2.24, 2.45) is 0 Å². The van der Waals surface area contributed by atoms with E-state index in [1.54, 1.807) is 51.5 Å². The van der Waals surface area contributed by atoms with Crippen molar-refractivity contribution in [1.82, 2.24) is 14.8 Å². The first-order chi connectivity index (χ1) is 15.6. The molecule has 0 saturated heterocycles. The van der Waals surface area contributed by atoms with E-state index in [2.05, 4.69) is 16.1 Å². The van der Waals surface area contributed by atoms with Crippen LogP contribution in [-0.4, -0.2) is 39.8 Å². The molecule has 5 rings (SSSR count). The average molecular weight is 449 g/mol. The molecule has 0 N–H and O–H groups in total. The minimum Gasteiger partial charge on any atom is -0.452 e. The lowest BCUT2D eigenvalue weighted by atomic mass is 10.1. The molecule has 0 aliphatic carbocycles. The topological polar surface area (TPSA) is 90.5 Å². The van der Waals surface area contributed by atoms with Crippen LogP contribution in [0.3, 0.4) is 0 Å². The van der Waals surface area contributed by atoms with Crippen molar-refractivity contribution in [3.63, 3.8) is 0 Å². The van der Waals surface area contributed by atoms with Crippen LogP contribution >= 0.6 is 11.3 Å². The Labute approximate surface area is 188 Å². The van der Waals surface area contributed by atoms with Crippen LogP contribution < -0.4 is 4.90 Å². The molecule has 0 spiro atoms. The average Bonchev–Trinajstić information content (AvgIpc) is 3.58. The molecule has 0 bridgehead atoms. The van der Waals surface area contributed by atoms with E-state index >= 15 is 0 Å². The zero-order chi connectivity index (χ0) is 22.1. The molecule has 32 heavy (non-hydrogen) atoms. The van der Waals surface area contributed by atoms with Gasteiger partial charge in [-0.25, -0.2) is 9.78 Å². The number of amides is 1. The van der Waals surface area contributed by atoms with Gasteiger partial charge in [0.25, 0.3) is 5.91 Å². The molecule has 8 nitrogen and oxygen atoms in total. The molecule has 1 aliphatic rings. The van der Waals surface area contributed by atoms with E-state index in [9.17, 15) is 9.59 Å². The Kier molecular flexibility index (Phi) is 5.32. The third-order valence-corrected chi connectivity index (χ3v) is 6.03. The van der Waals surface area contributed by atoms with Crippen LogP contribution in [0.5, 0.6) is 0 Å². The quantitative estimate of drug-likeness (QED) is 0.418. The van der Waals surface area contributed by atoms with E-state index in [1.165, 1.54) is 0 Å². The molecule has 3 aromatic heterocycles. The maximum absolute atomic E-state index is 12.7. The molecule has 0 saturated carbocycles. The van der Waals surface area contributed by atoms with Crippen LogP contribution in [0.1, 0.15) is 26.9 Å². The normalized spacial score (nSPS) is 12.7. The maximum atomic E-state index is 12.7. The number of nitrogens with zero attached hydrogens (tertiary/aromatic N) is 4. The van der Waals surface area contributed by atoms with Crippen LogP contribution in [0, 0.1) is 6.92 Å². The van der Waals surface area contributed by atoms with Crippen LogP contribution in [-0.2, 0) is 22.5 Å². The monoisotopic (exact) mass is 448 g/mol. The van der Waals surface area contributed by atoms with Crippen molar-refractivity contribution in [1.29, 1.82) is 0 Å². The highest BCUT2D eigenvalue weighted by Gasteiger charge is 2.26. The summed E-state index contributed by atoms with van der Waals surface area (Å²) in [5.41, 5.74) is 3.92. The van der Waals surface area contributed by atoms with Gasteiger partial charge in [-0.2, -0.15) is 5.10 Å². The molecule has 162 valence electrons. The van der Waals surface area contributed by atoms with Crippen molar-refractivity contribution in [3.05, 3.63) is 76.3 Å². The molecular weight excluding hydrogens is 428 g/mol. The number of furan rings is 1. The highest BCUT2D eigenvalue weighted by atomic mass is 32.1. The number of thiazole rings is 1. The Balaban J connectivity index is 1.20. The summed E-state index contributed by atoms with van der Waals surface area (Å²) in [6.07, 6.45) is 4.22. The standard InChI is InChI=1S/C23H20N4O4S/c1-15-25-19(14-32-15)16-3-5-20-17(11-16)7-10-27(20)22(28)13-30-23(29)21-6-4-18(31-21)12-26-9-2-8-24-26/h2-6,8-9,11,14H,7,10,12-13H2,1H3. The number of aryl methyl sites for hydroxylation is 1. The van der Waals surface area contributed by atoms with Gasteiger partial charge in [-0.3, -0.25) is 9.48 Å². The minimum atomic E-state index is -0.668. The molecule has 4 heterocycles. The van der Waals surface area contributed by atoms with E-state index in [1.807, 2.05) is 24.4 Å². The van der Waals surface area contributed by atoms with Gasteiger partial charge in [-0.05, 0) is 49.2 Å². The molecule has 1 amide bonds. The van der Waals surface area contributed by atoms with Crippen LogP contribution in [0.15, 0.2) is 58.6 Å². The zero-order valence-corrected chi connectivity index (χ0v) is 18.2. The summed E-state index contributed by atoms with van der Waals surface area (Å²) in [6.45, 7) is 2.60. The van der Waals surface area contributed by atoms with Crippen molar-refractivity contribution in [2.75, 3.05) is 18.1 Å². The predicted octanol–water partition coefficient (Wildman–Crippen LogP) is 3.70. The van der Waals surface area contributed by atoms with Gasteiger partial charge in [0, 0.05) is 35.6 Å². The van der Waals surface area contributed by atoms with E-state index < -0.39 is 5.97 Å². The van der Waals surface area contributed by atoms with Crippen molar-refractivity contribution >= 4 is 28.9 Å². The summed E-state index contributed by atoms with van der Waals surface area (Å²) in [5, 5.41) is 7.15. The number of hydrogen-bond donors (Lipinski definition) is 0. The van der Waals surface area contributed by atoms with Gasteiger partial charge in [0.2, 0.25) is 5.76 Å². The SMILES string of the molecule is Cc1nc(-c2ccc3c(c2)CCN3C(=O)COC(=O)c2ccc(Cn3cccn3)o2)cs1. The summed E-state index contributed by atoms with van der Waals surface area (Å²) in [6, 6.07) is 11.0. The molecule has 0 radical (unpaired) electrons. The van der Waals surface area contributed by atoms with E-state index in [0.29, 0.717) is 18.8 Å². The number of carbonyl (C=O) groups excluding carboxylic acids is 2. The van der Waals surface area contributed by atoms with Gasteiger partial charge in [0.05, 0.1) is 17.2 Å². The number of anilines is 1. The van der Waals surface area contributed by atoms with Gasteiger partial charge in [0.15, 0.2) is 6.61 Å². The molecule has 0 unspecified atom stereocenters. The number of benzene rings is 1. The lowest BCUT2D eigenvalue weighted by molar-refractivity contribution is -0.121. The molecule has 4 aromatic rings. The molecule has 9 heteroatoms. The third kappa shape index (κ3) is 4.06. The molecule has 0 atom stereocenters. The third-order valence-electron chi connectivity index (χ3n) is 5.26. The number of rotatable bonds is 6. The first kappa shape index (κ1) is 20.2. The van der Waals surface area contributed by atoms with Crippen molar-refractivity contribution in [3.8, 4) is 11.3 Å². The summed E-state index contributed by atoms with van der Waals surface area (Å²) < 4.78 is 12.4. The number of fused-ring (bicyclic) bond motifs is 1. The summed E-state index contributed by atoms with van der Waals surface area (Å²) >= 11 is 1.61. The second-order valence-electron chi connectivity index (χ2n) is 7.44. The Hall–Kier alpha value is -3.72. The lowest BCUT2D eigenvalue weighted by Gasteiger charge is -2.17. The molecule has 1 aromatic carbocycles. The largest absolute Gasteiger partial charge is 0.452 e. The smallest absolute Gasteiger partial charge is 0.374 e. The van der Waals surface area contributed by atoms with Gasteiger partial charge in [0.1, 0.15) is 5.76 Å². The van der Waals surface area contributed by atoms with Gasteiger partial charge >= 0.3 is 5.97 Å². The predicted molar refractivity (Wildman–Crippen MR) is 119 cm³/mol. The van der Waals surface area contributed by atoms with Gasteiger partial charge < -0.3 is 14.1 Å².